The van der Waals surface area contributed by atoms with Crippen LogP contribution in [0, 0.1) is 5.82 Å². The first-order chi connectivity index (χ1) is 10.7. The van der Waals surface area contributed by atoms with Gasteiger partial charge in [0, 0.05) is 31.4 Å². The number of urea groups is 1. The van der Waals surface area contributed by atoms with Gasteiger partial charge in [-0.25, -0.2) is 13.6 Å². The third-order valence-electron chi connectivity index (χ3n) is 3.21. The van der Waals surface area contributed by atoms with Crippen molar-refractivity contribution in [3.05, 3.63) is 65.7 Å². The van der Waals surface area contributed by atoms with Gasteiger partial charge in [0.05, 0.1) is 0 Å². The molecule has 0 saturated heterocycles. The highest BCUT2D eigenvalue weighted by Crippen LogP contribution is 2.25. The van der Waals surface area contributed by atoms with E-state index < -0.39 is 12.7 Å². The number of carbonyl (C=O) groups excluding carboxylic acids is 1. The van der Waals surface area contributed by atoms with Crippen molar-refractivity contribution in [2.24, 2.45) is 0 Å². The zero-order chi connectivity index (χ0) is 15.8. The molecule has 2 aromatic rings. The summed E-state index contributed by atoms with van der Waals surface area (Å²) in [4.78, 5) is 15.6. The standard InChI is InChI=1S/C16H17F2N3O/c17-7-9-20-16(22)21-11-14(12-4-3-8-19-10-12)13-5-1-2-6-15(13)18/h1-6,8,10,14H,7,9,11H2,(H2,20,21,22). The molecule has 0 bridgehead atoms. The minimum absolute atomic E-state index is 0.0525. The summed E-state index contributed by atoms with van der Waals surface area (Å²) in [6, 6.07) is 9.50. The first kappa shape index (κ1) is 15.9. The van der Waals surface area contributed by atoms with E-state index in [1.807, 2.05) is 6.07 Å². The molecule has 0 aliphatic rings. The van der Waals surface area contributed by atoms with Crippen molar-refractivity contribution in [1.82, 2.24) is 15.6 Å². The van der Waals surface area contributed by atoms with Crippen LogP contribution in [0.25, 0.3) is 0 Å². The van der Waals surface area contributed by atoms with Crippen molar-refractivity contribution in [2.45, 2.75) is 5.92 Å². The molecule has 0 aliphatic heterocycles. The number of hydrogen-bond acceptors (Lipinski definition) is 2. The van der Waals surface area contributed by atoms with E-state index in [9.17, 15) is 13.6 Å². The number of pyridine rings is 1. The Balaban J connectivity index is 2.17. The lowest BCUT2D eigenvalue weighted by Gasteiger charge is -2.19. The molecule has 0 fully saturated rings. The summed E-state index contributed by atoms with van der Waals surface area (Å²) in [7, 11) is 0. The van der Waals surface area contributed by atoms with Crippen LogP contribution in [0.15, 0.2) is 48.8 Å². The van der Waals surface area contributed by atoms with Crippen LogP contribution in [0.4, 0.5) is 13.6 Å². The Hall–Kier alpha value is -2.50. The Morgan fingerprint density at radius 3 is 2.68 bits per heavy atom. The van der Waals surface area contributed by atoms with Crippen molar-refractivity contribution in [3.63, 3.8) is 0 Å². The maximum absolute atomic E-state index is 14.1. The Labute approximate surface area is 127 Å². The number of rotatable bonds is 6. The van der Waals surface area contributed by atoms with Gasteiger partial charge in [-0.1, -0.05) is 24.3 Å². The second kappa shape index (κ2) is 8.07. The molecule has 2 amide bonds. The molecule has 1 aromatic carbocycles. The molecule has 2 rings (SSSR count). The van der Waals surface area contributed by atoms with Crippen LogP contribution in [0.2, 0.25) is 0 Å². The van der Waals surface area contributed by atoms with Crippen LogP contribution < -0.4 is 10.6 Å². The van der Waals surface area contributed by atoms with Gasteiger partial charge in [0.1, 0.15) is 12.5 Å². The van der Waals surface area contributed by atoms with Gasteiger partial charge in [-0.15, -0.1) is 0 Å². The van der Waals surface area contributed by atoms with Crippen LogP contribution in [-0.4, -0.2) is 30.8 Å². The highest BCUT2D eigenvalue weighted by atomic mass is 19.1. The number of halogens is 2. The molecular weight excluding hydrogens is 288 g/mol. The topological polar surface area (TPSA) is 54.0 Å². The van der Waals surface area contributed by atoms with Gasteiger partial charge in [-0.3, -0.25) is 4.98 Å². The van der Waals surface area contributed by atoms with Crippen LogP contribution in [0.5, 0.6) is 0 Å². The van der Waals surface area contributed by atoms with E-state index in [0.29, 0.717) is 5.56 Å². The van der Waals surface area contributed by atoms with Gasteiger partial charge >= 0.3 is 6.03 Å². The van der Waals surface area contributed by atoms with E-state index in [1.54, 1.807) is 36.7 Å². The van der Waals surface area contributed by atoms with E-state index in [4.69, 9.17) is 0 Å². The lowest BCUT2D eigenvalue weighted by molar-refractivity contribution is 0.239. The van der Waals surface area contributed by atoms with E-state index in [1.165, 1.54) is 6.07 Å². The molecule has 22 heavy (non-hydrogen) atoms. The molecule has 1 heterocycles. The van der Waals surface area contributed by atoms with Gasteiger partial charge in [-0.05, 0) is 23.3 Å². The average molecular weight is 305 g/mol. The predicted molar refractivity (Wildman–Crippen MR) is 79.9 cm³/mol. The Kier molecular flexibility index (Phi) is 5.82. The highest BCUT2D eigenvalue weighted by molar-refractivity contribution is 5.73. The molecule has 1 atom stereocenters. The molecule has 6 heteroatoms. The minimum Gasteiger partial charge on any atom is -0.337 e. The number of alkyl halides is 1. The molecule has 1 unspecified atom stereocenters. The monoisotopic (exact) mass is 305 g/mol. The molecule has 0 radical (unpaired) electrons. The van der Waals surface area contributed by atoms with Crippen molar-refractivity contribution >= 4 is 6.03 Å². The van der Waals surface area contributed by atoms with Crippen LogP contribution >= 0.6 is 0 Å². The second-order valence-corrected chi connectivity index (χ2v) is 4.69. The zero-order valence-electron chi connectivity index (χ0n) is 11.9. The van der Waals surface area contributed by atoms with E-state index >= 15 is 0 Å². The average Bonchev–Trinajstić information content (AvgIpc) is 2.55. The van der Waals surface area contributed by atoms with Gasteiger partial charge in [0.2, 0.25) is 0 Å². The molecule has 2 N–H and O–H groups in total. The van der Waals surface area contributed by atoms with Crippen molar-refractivity contribution < 1.29 is 13.6 Å². The predicted octanol–water partition coefficient (Wildman–Crippen LogP) is 2.62. The van der Waals surface area contributed by atoms with Gasteiger partial charge < -0.3 is 10.6 Å². The second-order valence-electron chi connectivity index (χ2n) is 4.69. The number of nitrogens with zero attached hydrogens (tertiary/aromatic N) is 1. The third-order valence-corrected chi connectivity index (χ3v) is 3.21. The fourth-order valence-electron chi connectivity index (χ4n) is 2.17. The Morgan fingerprint density at radius 1 is 1.18 bits per heavy atom. The van der Waals surface area contributed by atoms with Crippen molar-refractivity contribution in [2.75, 3.05) is 19.8 Å². The maximum Gasteiger partial charge on any atom is 0.314 e. The lowest BCUT2D eigenvalue weighted by atomic mass is 9.92. The third kappa shape index (κ3) is 4.25. The van der Waals surface area contributed by atoms with Crippen LogP contribution in [-0.2, 0) is 0 Å². The summed E-state index contributed by atoms with van der Waals surface area (Å²) in [5.41, 5.74) is 1.26. The van der Waals surface area contributed by atoms with Crippen LogP contribution in [0.1, 0.15) is 17.0 Å². The lowest BCUT2D eigenvalue weighted by Crippen LogP contribution is -2.39. The minimum atomic E-state index is -0.632. The van der Waals surface area contributed by atoms with Gasteiger partial charge in [0.15, 0.2) is 0 Å². The number of carbonyl (C=O) groups is 1. The molecule has 1 aromatic heterocycles. The van der Waals surface area contributed by atoms with Crippen molar-refractivity contribution in [3.8, 4) is 0 Å². The first-order valence-corrected chi connectivity index (χ1v) is 6.94. The molecule has 0 aliphatic carbocycles. The normalized spacial score (nSPS) is 11.7. The van der Waals surface area contributed by atoms with E-state index in [-0.39, 0.29) is 24.8 Å². The number of nitrogens with one attached hydrogen (secondary N) is 2. The number of aromatic nitrogens is 1. The Bertz CT molecular complexity index is 607. The number of hydrogen-bond donors (Lipinski definition) is 2. The highest BCUT2D eigenvalue weighted by Gasteiger charge is 2.18. The van der Waals surface area contributed by atoms with E-state index in [2.05, 4.69) is 15.6 Å². The number of amides is 2. The molecule has 116 valence electrons. The summed E-state index contributed by atoms with van der Waals surface area (Å²) >= 11 is 0. The summed E-state index contributed by atoms with van der Waals surface area (Å²) < 4.78 is 26.1. The fraction of sp³-hybridized carbons (Fsp3) is 0.250. The Morgan fingerprint density at radius 2 is 2.00 bits per heavy atom. The molecular formula is C16H17F2N3O. The van der Waals surface area contributed by atoms with Crippen LogP contribution in [0.3, 0.4) is 0 Å². The zero-order valence-corrected chi connectivity index (χ0v) is 11.9. The maximum atomic E-state index is 14.1. The smallest absolute Gasteiger partial charge is 0.314 e. The largest absolute Gasteiger partial charge is 0.337 e. The quantitative estimate of drug-likeness (QED) is 0.862. The summed E-state index contributed by atoms with van der Waals surface area (Å²) in [5.74, 6) is -0.714. The molecule has 4 nitrogen and oxygen atoms in total. The summed E-state index contributed by atoms with van der Waals surface area (Å²) in [6.45, 7) is -0.499. The molecule has 0 spiro atoms. The van der Waals surface area contributed by atoms with Crippen molar-refractivity contribution in [1.29, 1.82) is 0 Å². The first-order valence-electron chi connectivity index (χ1n) is 6.94. The van der Waals surface area contributed by atoms with Gasteiger partial charge in [-0.2, -0.15) is 0 Å². The summed E-state index contributed by atoms with van der Waals surface area (Å²) in [5, 5.41) is 5.00. The fourth-order valence-corrected chi connectivity index (χ4v) is 2.17. The SMILES string of the molecule is O=C(NCCF)NCC(c1cccnc1)c1ccccc1F. The number of benzene rings is 1. The summed E-state index contributed by atoms with van der Waals surface area (Å²) in [6.07, 6.45) is 3.27. The van der Waals surface area contributed by atoms with E-state index in [0.717, 1.165) is 5.56 Å². The molecule has 0 saturated carbocycles. The van der Waals surface area contributed by atoms with Gasteiger partial charge in [0.25, 0.3) is 0 Å².